The van der Waals surface area contributed by atoms with Crippen LogP contribution in [0.4, 0.5) is 0 Å². The number of nitrogens with one attached hydrogen (secondary N) is 1. The van der Waals surface area contributed by atoms with Crippen LogP contribution in [0.2, 0.25) is 0 Å². The van der Waals surface area contributed by atoms with Gasteiger partial charge in [0, 0.05) is 27.3 Å². The Bertz CT molecular complexity index is 553. The van der Waals surface area contributed by atoms with E-state index in [-0.39, 0.29) is 27.6 Å². The van der Waals surface area contributed by atoms with Gasteiger partial charge in [0.05, 0.1) is 5.71 Å². The second-order valence-corrected chi connectivity index (χ2v) is 3.87. The standard InChI is InChI=1S/C15H14N2O.Ti/c1-12(13-8-4-2-5-9-13)16-17-15(18)14-10-6-3-7-11-14;/h2-11H,1H3,(H,17,18);. The average Bonchev–Trinajstić information content (AvgIpc) is 2.46. The van der Waals surface area contributed by atoms with E-state index in [1.165, 1.54) is 0 Å². The molecular weight excluding hydrogens is 272 g/mol. The minimum absolute atomic E-state index is 0. The predicted molar refractivity (Wildman–Crippen MR) is 72.6 cm³/mol. The zero-order valence-electron chi connectivity index (χ0n) is 10.6. The van der Waals surface area contributed by atoms with Gasteiger partial charge in [-0.3, -0.25) is 4.79 Å². The van der Waals surface area contributed by atoms with Crippen LogP contribution >= 0.6 is 0 Å². The Kier molecular flexibility index (Phi) is 6.20. The molecule has 19 heavy (non-hydrogen) atoms. The van der Waals surface area contributed by atoms with E-state index in [1.807, 2.05) is 55.5 Å². The van der Waals surface area contributed by atoms with Crippen LogP contribution in [0.5, 0.6) is 0 Å². The molecule has 0 aromatic heterocycles. The summed E-state index contributed by atoms with van der Waals surface area (Å²) in [5.41, 5.74) is 4.91. The van der Waals surface area contributed by atoms with Gasteiger partial charge >= 0.3 is 0 Å². The number of nitrogens with zero attached hydrogens (tertiary/aromatic N) is 1. The molecule has 2 rings (SSSR count). The van der Waals surface area contributed by atoms with Gasteiger partial charge in [-0.15, -0.1) is 0 Å². The van der Waals surface area contributed by atoms with E-state index >= 15 is 0 Å². The molecular formula is C15H14N2OTi. The first-order chi connectivity index (χ1) is 8.77. The number of carbonyl (C=O) groups is 1. The van der Waals surface area contributed by atoms with Crippen molar-refractivity contribution in [3.63, 3.8) is 0 Å². The molecule has 2 aromatic carbocycles. The SMILES string of the molecule is CC(=NNC(=O)c1ccccc1)c1ccccc1.[Ti]. The Morgan fingerprint density at radius 1 is 0.895 bits per heavy atom. The van der Waals surface area contributed by atoms with Crippen molar-refractivity contribution in [2.75, 3.05) is 0 Å². The molecule has 0 spiro atoms. The van der Waals surface area contributed by atoms with Gasteiger partial charge in [-0.2, -0.15) is 5.10 Å². The van der Waals surface area contributed by atoms with Crippen LogP contribution in [0.25, 0.3) is 0 Å². The van der Waals surface area contributed by atoms with Crippen molar-refractivity contribution in [3.05, 3.63) is 71.8 Å². The van der Waals surface area contributed by atoms with Crippen LogP contribution in [0.1, 0.15) is 22.8 Å². The Morgan fingerprint density at radius 2 is 1.37 bits per heavy atom. The van der Waals surface area contributed by atoms with Gasteiger partial charge in [0.1, 0.15) is 0 Å². The Hall–Kier alpha value is -1.71. The average molecular weight is 286 g/mol. The third-order valence-corrected chi connectivity index (χ3v) is 2.55. The molecule has 0 aliphatic heterocycles. The fraction of sp³-hybridized carbons (Fsp3) is 0.0667. The molecule has 0 aliphatic carbocycles. The van der Waals surface area contributed by atoms with E-state index in [4.69, 9.17) is 0 Å². The van der Waals surface area contributed by atoms with Crippen molar-refractivity contribution in [3.8, 4) is 0 Å². The second-order valence-electron chi connectivity index (χ2n) is 3.87. The Labute approximate surface area is 127 Å². The summed E-state index contributed by atoms with van der Waals surface area (Å²) < 4.78 is 0. The zero-order chi connectivity index (χ0) is 12.8. The molecule has 0 unspecified atom stereocenters. The van der Waals surface area contributed by atoms with Crippen LogP contribution in [-0.4, -0.2) is 11.6 Å². The van der Waals surface area contributed by atoms with Crippen molar-refractivity contribution >= 4 is 11.6 Å². The summed E-state index contributed by atoms with van der Waals surface area (Å²) in [7, 11) is 0. The molecule has 4 heteroatoms. The van der Waals surface area contributed by atoms with Crippen LogP contribution in [0.3, 0.4) is 0 Å². The Morgan fingerprint density at radius 3 is 1.89 bits per heavy atom. The third kappa shape index (κ3) is 4.47. The quantitative estimate of drug-likeness (QED) is 0.526. The first-order valence-corrected chi connectivity index (χ1v) is 5.72. The van der Waals surface area contributed by atoms with Gasteiger partial charge in [0.15, 0.2) is 0 Å². The number of amides is 1. The van der Waals surface area contributed by atoms with Crippen molar-refractivity contribution < 1.29 is 26.5 Å². The molecule has 0 aliphatic rings. The number of carbonyl (C=O) groups excluding carboxylic acids is 1. The summed E-state index contributed by atoms with van der Waals surface area (Å²) in [6, 6.07) is 18.7. The predicted octanol–water partition coefficient (Wildman–Crippen LogP) is 2.84. The van der Waals surface area contributed by atoms with Crippen LogP contribution < -0.4 is 5.43 Å². The molecule has 0 saturated heterocycles. The molecule has 3 nitrogen and oxygen atoms in total. The third-order valence-electron chi connectivity index (χ3n) is 2.55. The first kappa shape index (κ1) is 15.4. The molecule has 0 radical (unpaired) electrons. The molecule has 1 N–H and O–H groups in total. The maximum absolute atomic E-state index is 11.8. The summed E-state index contributed by atoms with van der Waals surface area (Å²) in [5, 5.41) is 4.09. The maximum Gasteiger partial charge on any atom is 0.271 e. The van der Waals surface area contributed by atoms with Gasteiger partial charge < -0.3 is 0 Å². The second kappa shape index (κ2) is 7.67. The molecule has 0 bridgehead atoms. The van der Waals surface area contributed by atoms with E-state index in [0.717, 1.165) is 11.3 Å². The fourth-order valence-electron chi connectivity index (χ4n) is 1.53. The molecule has 0 atom stereocenters. The van der Waals surface area contributed by atoms with Crippen molar-refractivity contribution in [1.82, 2.24) is 5.43 Å². The summed E-state index contributed by atoms with van der Waals surface area (Å²) in [4.78, 5) is 11.8. The molecule has 0 heterocycles. The van der Waals surface area contributed by atoms with Crippen LogP contribution in [0.15, 0.2) is 65.8 Å². The maximum atomic E-state index is 11.8. The van der Waals surface area contributed by atoms with Gasteiger partial charge in [-0.1, -0.05) is 48.5 Å². The summed E-state index contributed by atoms with van der Waals surface area (Å²) in [6.07, 6.45) is 0. The molecule has 0 saturated carbocycles. The van der Waals surface area contributed by atoms with Gasteiger partial charge in [-0.05, 0) is 24.6 Å². The van der Waals surface area contributed by atoms with Gasteiger partial charge in [0.25, 0.3) is 5.91 Å². The minimum Gasteiger partial charge on any atom is -0.267 e. The van der Waals surface area contributed by atoms with Gasteiger partial charge in [-0.25, -0.2) is 5.43 Å². The van der Waals surface area contributed by atoms with E-state index in [1.54, 1.807) is 12.1 Å². The summed E-state index contributed by atoms with van der Waals surface area (Å²) in [6.45, 7) is 1.86. The summed E-state index contributed by atoms with van der Waals surface area (Å²) in [5.74, 6) is -0.203. The first-order valence-electron chi connectivity index (χ1n) is 5.72. The smallest absolute Gasteiger partial charge is 0.267 e. The van der Waals surface area contributed by atoms with Crippen LogP contribution in [0, 0.1) is 0 Å². The number of hydrogen-bond donors (Lipinski definition) is 1. The normalized spacial score (nSPS) is 10.5. The van der Waals surface area contributed by atoms with E-state index in [0.29, 0.717) is 5.56 Å². The minimum atomic E-state index is -0.203. The zero-order valence-corrected chi connectivity index (χ0v) is 12.2. The monoisotopic (exact) mass is 286 g/mol. The van der Waals surface area contributed by atoms with Gasteiger partial charge in [0.2, 0.25) is 0 Å². The molecule has 0 fully saturated rings. The van der Waals surface area contributed by atoms with E-state index < -0.39 is 0 Å². The Balaban J connectivity index is 0.00000180. The largest absolute Gasteiger partial charge is 0.271 e. The van der Waals surface area contributed by atoms with Crippen molar-refractivity contribution in [2.45, 2.75) is 6.92 Å². The fourth-order valence-corrected chi connectivity index (χ4v) is 1.53. The molecule has 2 aromatic rings. The molecule has 94 valence electrons. The number of hydrazone groups is 1. The molecule has 1 amide bonds. The van der Waals surface area contributed by atoms with Crippen molar-refractivity contribution in [1.29, 1.82) is 0 Å². The number of hydrogen-bond acceptors (Lipinski definition) is 2. The van der Waals surface area contributed by atoms with E-state index in [2.05, 4.69) is 10.5 Å². The number of rotatable bonds is 3. The van der Waals surface area contributed by atoms with E-state index in [9.17, 15) is 4.79 Å². The van der Waals surface area contributed by atoms with Crippen LogP contribution in [-0.2, 0) is 21.7 Å². The summed E-state index contributed by atoms with van der Waals surface area (Å²) >= 11 is 0. The topological polar surface area (TPSA) is 41.5 Å². The van der Waals surface area contributed by atoms with Crippen molar-refractivity contribution in [2.24, 2.45) is 5.10 Å². The number of benzene rings is 2.